The van der Waals surface area contributed by atoms with Gasteiger partial charge in [-0.2, -0.15) is 0 Å². The van der Waals surface area contributed by atoms with Crippen LogP contribution in [0.1, 0.15) is 57.8 Å². The monoisotopic (exact) mass is 281 g/mol. The number of aliphatic carboxylic acids is 1. The fourth-order valence-electron chi connectivity index (χ4n) is 2.83. The molecule has 0 aromatic rings. The van der Waals surface area contributed by atoms with Crippen LogP contribution in [0.3, 0.4) is 0 Å². The third kappa shape index (κ3) is 6.73. The number of carboxylic acids is 1. The second-order valence-electron chi connectivity index (χ2n) is 5.69. The maximum atomic E-state index is 12.2. The molecule has 1 rings (SSSR count). The average Bonchev–Trinajstić information content (AvgIpc) is 2.44. The zero-order valence-electron chi connectivity index (χ0n) is 12.4. The van der Waals surface area contributed by atoms with E-state index in [9.17, 15) is 9.59 Å². The Labute approximate surface area is 121 Å². The summed E-state index contributed by atoms with van der Waals surface area (Å²) in [5.41, 5.74) is 0. The molecule has 1 N–H and O–H groups in total. The molecule has 0 spiro atoms. The number of carboxylic acid groups (broad SMARTS) is 1. The normalized spacial score (nSPS) is 15.8. The maximum Gasteiger partial charge on any atom is 0.303 e. The molecule has 4 heteroatoms. The Morgan fingerprint density at radius 2 is 1.80 bits per heavy atom. The minimum atomic E-state index is -0.789. The molecule has 0 saturated heterocycles. The molecule has 1 fully saturated rings. The molecule has 0 unspecified atom stereocenters. The number of carbonyl (C=O) groups excluding carboxylic acids is 1. The molecule has 1 saturated carbocycles. The van der Waals surface area contributed by atoms with Crippen LogP contribution in [-0.4, -0.2) is 35.0 Å². The standard InChI is InChI=1S/C16H27NO3/c1-2-12-17(13-14-8-4-3-5-9-14)15(18)10-6-7-11-16(19)20/h2,14H,1,3-13H2,(H,19,20). The highest BCUT2D eigenvalue weighted by Crippen LogP contribution is 2.24. The van der Waals surface area contributed by atoms with E-state index in [-0.39, 0.29) is 12.3 Å². The molecule has 1 aliphatic rings. The molecule has 1 aliphatic carbocycles. The van der Waals surface area contributed by atoms with Gasteiger partial charge in [-0.05, 0) is 31.6 Å². The summed E-state index contributed by atoms with van der Waals surface area (Å²) < 4.78 is 0. The molecule has 0 aliphatic heterocycles. The van der Waals surface area contributed by atoms with Crippen LogP contribution in [0.5, 0.6) is 0 Å². The van der Waals surface area contributed by atoms with Gasteiger partial charge in [0, 0.05) is 25.9 Å². The number of nitrogens with zero attached hydrogens (tertiary/aromatic N) is 1. The molecule has 114 valence electrons. The first kappa shape index (κ1) is 16.7. The summed E-state index contributed by atoms with van der Waals surface area (Å²) >= 11 is 0. The van der Waals surface area contributed by atoms with Crippen LogP contribution in [0.4, 0.5) is 0 Å². The van der Waals surface area contributed by atoms with Crippen LogP contribution in [0, 0.1) is 5.92 Å². The van der Waals surface area contributed by atoms with E-state index in [2.05, 4.69) is 6.58 Å². The van der Waals surface area contributed by atoms with Crippen molar-refractivity contribution in [3.8, 4) is 0 Å². The Morgan fingerprint density at radius 3 is 2.40 bits per heavy atom. The Hall–Kier alpha value is -1.32. The van der Waals surface area contributed by atoms with Gasteiger partial charge in [0.25, 0.3) is 0 Å². The highest BCUT2D eigenvalue weighted by atomic mass is 16.4. The first-order valence-electron chi connectivity index (χ1n) is 7.74. The van der Waals surface area contributed by atoms with E-state index >= 15 is 0 Å². The first-order valence-corrected chi connectivity index (χ1v) is 7.74. The van der Waals surface area contributed by atoms with Gasteiger partial charge in [-0.1, -0.05) is 25.3 Å². The predicted molar refractivity (Wildman–Crippen MR) is 79.5 cm³/mol. The first-order chi connectivity index (χ1) is 9.63. The van der Waals surface area contributed by atoms with Gasteiger partial charge in [-0.15, -0.1) is 6.58 Å². The van der Waals surface area contributed by atoms with Crippen molar-refractivity contribution in [2.45, 2.75) is 57.8 Å². The molecule has 4 nitrogen and oxygen atoms in total. The van der Waals surface area contributed by atoms with Gasteiger partial charge in [-0.3, -0.25) is 9.59 Å². The highest BCUT2D eigenvalue weighted by molar-refractivity contribution is 5.76. The summed E-state index contributed by atoms with van der Waals surface area (Å²) in [6, 6.07) is 0. The van der Waals surface area contributed by atoms with Crippen molar-refractivity contribution in [3.05, 3.63) is 12.7 Å². The van der Waals surface area contributed by atoms with E-state index in [1.165, 1.54) is 32.1 Å². The van der Waals surface area contributed by atoms with Crippen LogP contribution < -0.4 is 0 Å². The Bertz CT molecular complexity index is 322. The number of carbonyl (C=O) groups is 2. The molecule has 0 bridgehead atoms. The van der Waals surface area contributed by atoms with Crippen LogP contribution in [0.2, 0.25) is 0 Å². The average molecular weight is 281 g/mol. The van der Waals surface area contributed by atoms with Crippen molar-refractivity contribution in [1.29, 1.82) is 0 Å². The van der Waals surface area contributed by atoms with E-state index in [1.807, 2.05) is 4.90 Å². The van der Waals surface area contributed by atoms with Crippen molar-refractivity contribution in [2.75, 3.05) is 13.1 Å². The quantitative estimate of drug-likeness (QED) is 0.521. The molecule has 0 aromatic heterocycles. The lowest BCUT2D eigenvalue weighted by Gasteiger charge is -2.29. The predicted octanol–water partition coefficient (Wildman–Crippen LogP) is 3.23. The fraction of sp³-hybridized carbons (Fsp3) is 0.750. The molecule has 0 radical (unpaired) electrons. The molecule has 0 aromatic carbocycles. The topological polar surface area (TPSA) is 57.6 Å². The Morgan fingerprint density at radius 1 is 1.15 bits per heavy atom. The zero-order valence-corrected chi connectivity index (χ0v) is 12.4. The third-order valence-corrected chi connectivity index (χ3v) is 3.94. The van der Waals surface area contributed by atoms with E-state index in [1.54, 1.807) is 6.08 Å². The second-order valence-corrected chi connectivity index (χ2v) is 5.69. The van der Waals surface area contributed by atoms with Crippen LogP contribution in [0.15, 0.2) is 12.7 Å². The third-order valence-electron chi connectivity index (χ3n) is 3.94. The van der Waals surface area contributed by atoms with Crippen LogP contribution in [0.25, 0.3) is 0 Å². The van der Waals surface area contributed by atoms with Crippen molar-refractivity contribution >= 4 is 11.9 Å². The highest BCUT2D eigenvalue weighted by Gasteiger charge is 2.19. The summed E-state index contributed by atoms with van der Waals surface area (Å²) in [5, 5.41) is 8.58. The van der Waals surface area contributed by atoms with Gasteiger partial charge in [0.05, 0.1) is 0 Å². The van der Waals surface area contributed by atoms with Crippen molar-refractivity contribution in [3.63, 3.8) is 0 Å². The summed E-state index contributed by atoms with van der Waals surface area (Å²) in [4.78, 5) is 24.5. The molecule has 0 atom stereocenters. The number of amides is 1. The number of unbranched alkanes of at least 4 members (excludes halogenated alkanes) is 1. The number of rotatable bonds is 9. The van der Waals surface area contributed by atoms with Gasteiger partial charge in [0.15, 0.2) is 0 Å². The van der Waals surface area contributed by atoms with E-state index < -0.39 is 5.97 Å². The maximum absolute atomic E-state index is 12.2. The van der Waals surface area contributed by atoms with Gasteiger partial charge < -0.3 is 10.0 Å². The Kier molecular flexibility index (Phi) is 8.00. The fourth-order valence-corrected chi connectivity index (χ4v) is 2.83. The summed E-state index contributed by atoms with van der Waals surface area (Å²) in [6.07, 6.45) is 9.93. The van der Waals surface area contributed by atoms with Crippen molar-refractivity contribution < 1.29 is 14.7 Å². The van der Waals surface area contributed by atoms with Crippen LogP contribution >= 0.6 is 0 Å². The van der Waals surface area contributed by atoms with Gasteiger partial charge in [-0.25, -0.2) is 0 Å². The molecular weight excluding hydrogens is 254 g/mol. The summed E-state index contributed by atoms with van der Waals surface area (Å²) in [7, 11) is 0. The van der Waals surface area contributed by atoms with Crippen molar-refractivity contribution in [1.82, 2.24) is 4.90 Å². The number of hydrogen-bond donors (Lipinski definition) is 1. The van der Waals surface area contributed by atoms with Crippen molar-refractivity contribution in [2.24, 2.45) is 5.92 Å². The minimum Gasteiger partial charge on any atom is -0.481 e. The van der Waals surface area contributed by atoms with E-state index in [4.69, 9.17) is 5.11 Å². The smallest absolute Gasteiger partial charge is 0.303 e. The zero-order chi connectivity index (χ0) is 14.8. The molecule has 0 heterocycles. The number of hydrogen-bond acceptors (Lipinski definition) is 2. The van der Waals surface area contributed by atoms with Gasteiger partial charge in [0.1, 0.15) is 0 Å². The summed E-state index contributed by atoms with van der Waals surface area (Å²) in [6.45, 7) is 5.17. The van der Waals surface area contributed by atoms with E-state index in [0.29, 0.717) is 31.7 Å². The SMILES string of the molecule is C=CCN(CC1CCCCC1)C(=O)CCCCC(=O)O. The lowest BCUT2D eigenvalue weighted by atomic mass is 9.89. The lowest BCUT2D eigenvalue weighted by Crippen LogP contribution is -2.36. The second kappa shape index (κ2) is 9.56. The van der Waals surface area contributed by atoms with Gasteiger partial charge >= 0.3 is 5.97 Å². The minimum absolute atomic E-state index is 0.140. The summed E-state index contributed by atoms with van der Waals surface area (Å²) in [5.74, 6) is -0.0184. The molecule has 20 heavy (non-hydrogen) atoms. The Balaban J connectivity index is 2.32. The molecule has 1 amide bonds. The van der Waals surface area contributed by atoms with E-state index in [0.717, 1.165) is 6.54 Å². The molecular formula is C16H27NO3. The largest absolute Gasteiger partial charge is 0.481 e. The van der Waals surface area contributed by atoms with Crippen LogP contribution in [-0.2, 0) is 9.59 Å². The lowest BCUT2D eigenvalue weighted by molar-refractivity contribution is -0.137. The van der Waals surface area contributed by atoms with Gasteiger partial charge in [0.2, 0.25) is 5.91 Å².